The summed E-state index contributed by atoms with van der Waals surface area (Å²) in [6.07, 6.45) is 0.352. The van der Waals surface area contributed by atoms with Gasteiger partial charge >= 0.3 is 0 Å². The highest BCUT2D eigenvalue weighted by Crippen LogP contribution is 2.18. The zero-order valence-electron chi connectivity index (χ0n) is 13.6. The van der Waals surface area contributed by atoms with E-state index in [1.807, 2.05) is 30.0 Å². The average molecular weight is 334 g/mol. The monoisotopic (exact) mass is 334 g/mol. The Morgan fingerprint density at radius 2 is 2.00 bits per heavy atom. The molecule has 0 spiro atoms. The predicted molar refractivity (Wildman–Crippen MR) is 89.3 cm³/mol. The molecule has 0 saturated carbocycles. The molecule has 0 atom stereocenters. The molecule has 1 fully saturated rings. The van der Waals surface area contributed by atoms with Crippen molar-refractivity contribution in [2.24, 2.45) is 0 Å². The van der Waals surface area contributed by atoms with Gasteiger partial charge in [-0.3, -0.25) is 14.5 Å². The lowest BCUT2D eigenvalue weighted by Crippen LogP contribution is -2.51. The smallest absolute Gasteiger partial charge is 0.264 e. The molecule has 1 aromatic heterocycles. The highest BCUT2D eigenvalue weighted by molar-refractivity contribution is 7.13. The van der Waals surface area contributed by atoms with Crippen molar-refractivity contribution in [1.82, 2.24) is 14.7 Å². The van der Waals surface area contributed by atoms with Crippen LogP contribution in [0.15, 0.2) is 12.1 Å². The van der Waals surface area contributed by atoms with E-state index < -0.39 is 0 Å². The number of hydrogen-bond donors (Lipinski definition) is 0. The Bertz CT molecular complexity index is 599. The standard InChI is InChI=1S/C16H22N4O2S/c1-13-4-5-14(23-13)16(22)20-10-8-19(9-11-20)12-15(21)18(2)7-3-6-17/h4-5H,3,7-12H2,1-2H3. The first kappa shape index (κ1) is 17.4. The van der Waals surface area contributed by atoms with E-state index in [4.69, 9.17) is 5.26 Å². The maximum Gasteiger partial charge on any atom is 0.264 e. The largest absolute Gasteiger partial charge is 0.344 e. The Morgan fingerprint density at radius 1 is 1.30 bits per heavy atom. The number of amides is 2. The summed E-state index contributed by atoms with van der Waals surface area (Å²) in [6, 6.07) is 5.88. The lowest BCUT2D eigenvalue weighted by Gasteiger charge is -2.34. The number of likely N-dealkylation sites (N-methyl/N-ethyl adjacent to an activating group) is 1. The van der Waals surface area contributed by atoms with Crippen LogP contribution in [0, 0.1) is 18.3 Å². The molecule has 0 unspecified atom stereocenters. The topological polar surface area (TPSA) is 67.7 Å². The average Bonchev–Trinajstić information content (AvgIpc) is 2.99. The highest BCUT2D eigenvalue weighted by Gasteiger charge is 2.24. The third-order valence-electron chi connectivity index (χ3n) is 3.95. The van der Waals surface area contributed by atoms with Crippen molar-refractivity contribution < 1.29 is 9.59 Å². The van der Waals surface area contributed by atoms with Gasteiger partial charge in [-0.2, -0.15) is 5.26 Å². The zero-order valence-corrected chi connectivity index (χ0v) is 14.4. The number of carbonyl (C=O) groups excluding carboxylic acids is 2. The van der Waals surface area contributed by atoms with Crippen LogP contribution < -0.4 is 0 Å². The fourth-order valence-electron chi connectivity index (χ4n) is 2.47. The van der Waals surface area contributed by atoms with Crippen LogP contribution in [0.2, 0.25) is 0 Å². The molecule has 2 amide bonds. The third-order valence-corrected chi connectivity index (χ3v) is 4.94. The minimum Gasteiger partial charge on any atom is -0.344 e. The van der Waals surface area contributed by atoms with Gasteiger partial charge in [0.15, 0.2) is 0 Å². The fraction of sp³-hybridized carbons (Fsp3) is 0.562. The lowest BCUT2D eigenvalue weighted by molar-refractivity contribution is -0.131. The molecular formula is C16H22N4O2S. The Kier molecular flexibility index (Phi) is 6.13. The summed E-state index contributed by atoms with van der Waals surface area (Å²) in [5, 5.41) is 8.56. The van der Waals surface area contributed by atoms with Crippen molar-refractivity contribution >= 4 is 23.2 Å². The molecule has 23 heavy (non-hydrogen) atoms. The summed E-state index contributed by atoms with van der Waals surface area (Å²) in [4.78, 5) is 31.9. The molecule has 1 saturated heterocycles. The number of thiophene rings is 1. The normalized spacial score (nSPS) is 15.3. The maximum atomic E-state index is 12.4. The summed E-state index contributed by atoms with van der Waals surface area (Å²) in [7, 11) is 1.72. The molecule has 0 N–H and O–H groups in total. The van der Waals surface area contributed by atoms with Crippen LogP contribution in [0.5, 0.6) is 0 Å². The molecule has 0 aromatic carbocycles. The van der Waals surface area contributed by atoms with Crippen LogP contribution >= 0.6 is 11.3 Å². The molecule has 1 aromatic rings. The molecule has 0 radical (unpaired) electrons. The molecule has 7 heteroatoms. The van der Waals surface area contributed by atoms with Gasteiger partial charge in [-0.05, 0) is 19.1 Å². The molecule has 0 aliphatic carbocycles. The van der Waals surface area contributed by atoms with E-state index in [1.54, 1.807) is 11.9 Å². The molecule has 0 bridgehead atoms. The molecule has 6 nitrogen and oxygen atoms in total. The fourth-order valence-corrected chi connectivity index (χ4v) is 3.30. The van der Waals surface area contributed by atoms with Gasteiger partial charge in [0.2, 0.25) is 5.91 Å². The van der Waals surface area contributed by atoms with Gasteiger partial charge in [0, 0.05) is 44.6 Å². The second-order valence-corrected chi connectivity index (χ2v) is 6.99. The number of carbonyl (C=O) groups is 2. The number of rotatable bonds is 5. The second-order valence-electron chi connectivity index (χ2n) is 5.70. The van der Waals surface area contributed by atoms with E-state index in [9.17, 15) is 9.59 Å². The number of piperazine rings is 1. The van der Waals surface area contributed by atoms with Crippen LogP contribution in [0.3, 0.4) is 0 Å². The van der Waals surface area contributed by atoms with E-state index in [-0.39, 0.29) is 11.8 Å². The van der Waals surface area contributed by atoms with Crippen molar-refractivity contribution in [3.8, 4) is 6.07 Å². The van der Waals surface area contributed by atoms with Crippen molar-refractivity contribution in [3.05, 3.63) is 21.9 Å². The van der Waals surface area contributed by atoms with Gasteiger partial charge in [0.05, 0.1) is 23.9 Å². The summed E-state index contributed by atoms with van der Waals surface area (Å²) < 4.78 is 0. The van der Waals surface area contributed by atoms with Crippen molar-refractivity contribution in [2.75, 3.05) is 46.3 Å². The van der Waals surface area contributed by atoms with E-state index in [2.05, 4.69) is 4.90 Å². The molecule has 1 aliphatic heterocycles. The van der Waals surface area contributed by atoms with Crippen molar-refractivity contribution in [3.63, 3.8) is 0 Å². The second kappa shape index (κ2) is 8.09. The van der Waals surface area contributed by atoms with E-state index >= 15 is 0 Å². The Labute approximate surface area is 140 Å². The molecule has 124 valence electrons. The van der Waals surface area contributed by atoms with Crippen LogP contribution in [0.1, 0.15) is 21.0 Å². The molecule has 1 aliphatic rings. The van der Waals surface area contributed by atoms with Gasteiger partial charge < -0.3 is 9.80 Å². The maximum absolute atomic E-state index is 12.4. The molecular weight excluding hydrogens is 312 g/mol. The summed E-state index contributed by atoms with van der Waals surface area (Å²) >= 11 is 1.52. The van der Waals surface area contributed by atoms with Gasteiger partial charge in [-0.1, -0.05) is 0 Å². The van der Waals surface area contributed by atoms with Crippen LogP contribution in [0.25, 0.3) is 0 Å². The van der Waals surface area contributed by atoms with E-state index in [0.29, 0.717) is 45.7 Å². The minimum absolute atomic E-state index is 0.0221. The Hall–Kier alpha value is -1.91. The number of nitriles is 1. The first-order chi connectivity index (χ1) is 11.0. The van der Waals surface area contributed by atoms with Crippen molar-refractivity contribution in [2.45, 2.75) is 13.3 Å². The third kappa shape index (κ3) is 4.78. The Morgan fingerprint density at radius 3 is 2.57 bits per heavy atom. The first-order valence-electron chi connectivity index (χ1n) is 7.70. The molecule has 2 rings (SSSR count). The van der Waals surface area contributed by atoms with E-state index in [0.717, 1.165) is 9.75 Å². The van der Waals surface area contributed by atoms with Gasteiger partial charge in [-0.15, -0.1) is 11.3 Å². The number of hydrogen-bond acceptors (Lipinski definition) is 5. The number of nitrogens with zero attached hydrogens (tertiary/aromatic N) is 4. The van der Waals surface area contributed by atoms with E-state index in [1.165, 1.54) is 11.3 Å². The number of aryl methyl sites for hydroxylation is 1. The van der Waals surface area contributed by atoms with Gasteiger partial charge in [0.25, 0.3) is 5.91 Å². The molecule has 2 heterocycles. The quantitative estimate of drug-likeness (QED) is 0.811. The SMILES string of the molecule is Cc1ccc(C(=O)N2CCN(CC(=O)N(C)CCC#N)CC2)s1. The minimum atomic E-state index is 0.0221. The summed E-state index contributed by atoms with van der Waals surface area (Å²) in [6.45, 7) is 5.50. The lowest BCUT2D eigenvalue weighted by atomic mass is 10.2. The predicted octanol–water partition coefficient (Wildman–Crippen LogP) is 1.19. The first-order valence-corrected chi connectivity index (χ1v) is 8.52. The summed E-state index contributed by atoms with van der Waals surface area (Å²) in [5.41, 5.74) is 0. The van der Waals surface area contributed by atoms with Crippen molar-refractivity contribution in [1.29, 1.82) is 5.26 Å². The van der Waals surface area contributed by atoms with Crippen LogP contribution in [0.4, 0.5) is 0 Å². The van der Waals surface area contributed by atoms with Gasteiger partial charge in [-0.25, -0.2) is 0 Å². The summed E-state index contributed by atoms with van der Waals surface area (Å²) in [5.74, 6) is 0.106. The van der Waals surface area contributed by atoms with Crippen LogP contribution in [-0.4, -0.2) is 72.8 Å². The Balaban J connectivity index is 1.79. The van der Waals surface area contributed by atoms with Crippen LogP contribution in [-0.2, 0) is 4.79 Å². The zero-order chi connectivity index (χ0) is 16.8. The highest BCUT2D eigenvalue weighted by atomic mass is 32.1. The van der Waals surface area contributed by atoms with Gasteiger partial charge in [0.1, 0.15) is 0 Å².